The molecular weight excluding hydrogens is 444 g/mol. The van der Waals surface area contributed by atoms with Crippen LogP contribution in [0.25, 0.3) is 11.1 Å². The van der Waals surface area contributed by atoms with Crippen LogP contribution < -0.4 is 16.4 Å². The van der Waals surface area contributed by atoms with E-state index >= 15 is 0 Å². The molecule has 0 saturated carbocycles. The Bertz CT molecular complexity index is 1120. The summed E-state index contributed by atoms with van der Waals surface area (Å²) in [5.41, 5.74) is 8.74. The summed E-state index contributed by atoms with van der Waals surface area (Å²) >= 11 is 0. The minimum Gasteiger partial charge on any atom is -0.382 e. The van der Waals surface area contributed by atoms with Gasteiger partial charge in [0, 0.05) is 49.0 Å². The first kappa shape index (κ1) is 23.8. The van der Waals surface area contributed by atoms with Gasteiger partial charge in [0.2, 0.25) is 5.82 Å². The average molecular weight is 473 g/mol. The molecule has 2 amide bonds. The fourth-order valence-corrected chi connectivity index (χ4v) is 5.33. The van der Waals surface area contributed by atoms with Gasteiger partial charge in [-0.2, -0.15) is 0 Å². The Labute approximate surface area is 195 Å². The van der Waals surface area contributed by atoms with Crippen molar-refractivity contribution in [1.82, 2.24) is 19.4 Å². The van der Waals surface area contributed by atoms with Gasteiger partial charge in [-0.15, -0.1) is 0 Å². The van der Waals surface area contributed by atoms with E-state index in [1.165, 1.54) is 0 Å². The van der Waals surface area contributed by atoms with Crippen LogP contribution >= 0.6 is 21.6 Å². The second-order valence-corrected chi connectivity index (χ2v) is 11.2. The predicted octanol–water partition coefficient (Wildman–Crippen LogP) is 3.78. The van der Waals surface area contributed by atoms with Crippen molar-refractivity contribution in [2.45, 2.75) is 18.6 Å². The molecule has 0 saturated heterocycles. The second kappa shape index (κ2) is 9.74. The van der Waals surface area contributed by atoms with E-state index in [0.717, 1.165) is 11.1 Å². The molecule has 32 heavy (non-hydrogen) atoms. The average Bonchev–Trinajstić information content (AvgIpc) is 3.28. The lowest BCUT2D eigenvalue weighted by Crippen LogP contribution is -2.36. The quantitative estimate of drug-likeness (QED) is 0.431. The zero-order valence-corrected chi connectivity index (χ0v) is 20.4. The number of carbonyl (C=O) groups excluding carboxylic acids is 2. The highest BCUT2D eigenvalue weighted by Crippen LogP contribution is 2.33. The van der Waals surface area contributed by atoms with Crippen LogP contribution in [0.5, 0.6) is 0 Å². The van der Waals surface area contributed by atoms with E-state index in [9.17, 15) is 9.59 Å². The Morgan fingerprint density at radius 3 is 2.34 bits per heavy atom. The molecule has 0 atom stereocenters. The molecule has 0 bridgehead atoms. The number of imidazole rings is 1. The number of hydrogen-bond donors (Lipinski definition) is 3. The summed E-state index contributed by atoms with van der Waals surface area (Å²) in [5.74, 6) is 0.0952. The predicted molar refractivity (Wildman–Crippen MR) is 134 cm³/mol. The molecular formula is C22H28N6O2S2. The van der Waals surface area contributed by atoms with E-state index in [-0.39, 0.29) is 22.4 Å². The molecule has 8 nitrogen and oxygen atoms in total. The molecule has 10 heteroatoms. The lowest BCUT2D eigenvalue weighted by molar-refractivity contribution is 0.0942. The van der Waals surface area contributed by atoms with Gasteiger partial charge in [-0.05, 0) is 43.9 Å². The highest BCUT2D eigenvalue weighted by atomic mass is 33.1. The largest absolute Gasteiger partial charge is 0.382 e. The van der Waals surface area contributed by atoms with Crippen LogP contribution in [-0.4, -0.2) is 43.5 Å². The van der Waals surface area contributed by atoms with Gasteiger partial charge in [0.25, 0.3) is 11.8 Å². The van der Waals surface area contributed by atoms with E-state index in [1.807, 2.05) is 54.4 Å². The number of nitrogen functional groups attached to an aromatic ring is 1. The van der Waals surface area contributed by atoms with Crippen LogP contribution in [0.3, 0.4) is 0 Å². The van der Waals surface area contributed by atoms with Gasteiger partial charge >= 0.3 is 0 Å². The monoisotopic (exact) mass is 472 g/mol. The van der Waals surface area contributed by atoms with Crippen molar-refractivity contribution in [3.8, 4) is 11.1 Å². The second-order valence-electron chi connectivity index (χ2n) is 8.05. The fourth-order valence-electron chi connectivity index (χ4n) is 3.22. The molecule has 3 rings (SSSR count). The maximum atomic E-state index is 12.7. The molecule has 170 valence electrons. The number of aryl methyl sites for hydroxylation is 2. The first-order valence-corrected chi connectivity index (χ1v) is 12.5. The van der Waals surface area contributed by atoms with Gasteiger partial charge in [-0.25, -0.2) is 4.98 Å². The zero-order valence-electron chi connectivity index (χ0n) is 18.8. The van der Waals surface area contributed by atoms with Crippen molar-refractivity contribution in [3.63, 3.8) is 0 Å². The summed E-state index contributed by atoms with van der Waals surface area (Å²) in [4.78, 5) is 29.1. The van der Waals surface area contributed by atoms with Crippen molar-refractivity contribution < 1.29 is 9.59 Å². The smallest absolute Gasteiger partial charge is 0.291 e. The number of nitrogens with one attached hydrogen (secondary N) is 2. The van der Waals surface area contributed by atoms with Gasteiger partial charge in [-0.3, -0.25) is 9.59 Å². The minimum atomic E-state index is -0.335. The summed E-state index contributed by atoms with van der Waals surface area (Å²) in [6.07, 6.45) is 5.54. The van der Waals surface area contributed by atoms with Crippen LogP contribution in [0, 0.1) is 0 Å². The normalized spacial score (nSPS) is 11.4. The van der Waals surface area contributed by atoms with Gasteiger partial charge in [-0.1, -0.05) is 33.7 Å². The van der Waals surface area contributed by atoms with Gasteiger partial charge in [0.05, 0.1) is 0 Å². The lowest BCUT2D eigenvalue weighted by atomic mass is 10.1. The van der Waals surface area contributed by atoms with Crippen LogP contribution in [0.1, 0.15) is 35.0 Å². The van der Waals surface area contributed by atoms with Gasteiger partial charge in [0.1, 0.15) is 11.5 Å². The topological polar surface area (TPSA) is 107 Å². The first-order chi connectivity index (χ1) is 15.1. The third-order valence-electron chi connectivity index (χ3n) is 4.80. The highest BCUT2D eigenvalue weighted by molar-refractivity contribution is 8.76. The van der Waals surface area contributed by atoms with Crippen molar-refractivity contribution in [3.05, 3.63) is 54.2 Å². The number of amides is 2. The van der Waals surface area contributed by atoms with E-state index in [4.69, 9.17) is 5.73 Å². The van der Waals surface area contributed by atoms with Crippen molar-refractivity contribution >= 4 is 44.9 Å². The van der Waals surface area contributed by atoms with Crippen molar-refractivity contribution in [2.75, 3.05) is 23.9 Å². The Morgan fingerprint density at radius 1 is 1.06 bits per heavy atom. The molecule has 0 aliphatic carbocycles. The standard InChI is InChI=1S/C22H28N6O2S2/c1-22(2,32-31-5)13-24-20(29)17-10-15(11-27(17)3)14-6-8-16(9-7-14)25-21(30)19-26-18(23)12-28(19)4/h6-12H,13,23H2,1-5H3,(H,24,29)(H,25,30). The maximum absolute atomic E-state index is 12.7. The number of benzene rings is 1. The molecule has 4 N–H and O–H groups in total. The third kappa shape index (κ3) is 5.68. The molecule has 2 aromatic heterocycles. The third-order valence-corrected chi connectivity index (χ3v) is 7.41. The Hall–Kier alpha value is -2.85. The molecule has 0 unspecified atom stereocenters. The van der Waals surface area contributed by atoms with Gasteiger partial charge < -0.3 is 25.5 Å². The number of rotatable bonds is 8. The first-order valence-electron chi connectivity index (χ1n) is 9.96. The summed E-state index contributed by atoms with van der Waals surface area (Å²) in [6.45, 7) is 4.79. The number of nitrogens with zero attached hydrogens (tertiary/aromatic N) is 3. The van der Waals surface area contributed by atoms with Crippen LogP contribution in [0.2, 0.25) is 0 Å². The van der Waals surface area contributed by atoms with E-state index in [2.05, 4.69) is 29.5 Å². The fraction of sp³-hybridized carbons (Fsp3) is 0.318. The summed E-state index contributed by atoms with van der Waals surface area (Å²) in [6, 6.07) is 9.30. The number of anilines is 2. The Morgan fingerprint density at radius 2 is 1.75 bits per heavy atom. The Balaban J connectivity index is 1.68. The highest BCUT2D eigenvalue weighted by Gasteiger charge is 2.21. The SMILES string of the molecule is CSSC(C)(C)CNC(=O)c1cc(-c2ccc(NC(=O)c3nc(N)cn3C)cc2)cn1C. The van der Waals surface area contributed by atoms with Crippen molar-refractivity contribution in [1.29, 1.82) is 0 Å². The number of carbonyl (C=O) groups is 2. The zero-order chi connectivity index (χ0) is 23.5. The van der Waals surface area contributed by atoms with Crippen molar-refractivity contribution in [2.24, 2.45) is 14.1 Å². The van der Waals surface area contributed by atoms with Crippen LogP contribution in [0.15, 0.2) is 42.7 Å². The van der Waals surface area contributed by atoms with Gasteiger partial charge in [0.15, 0.2) is 0 Å². The summed E-state index contributed by atoms with van der Waals surface area (Å²) in [7, 11) is 7.00. The molecule has 2 heterocycles. The van der Waals surface area contributed by atoms with E-state index in [1.54, 1.807) is 39.4 Å². The maximum Gasteiger partial charge on any atom is 0.291 e. The minimum absolute atomic E-state index is 0.0516. The van der Waals surface area contributed by atoms with Crippen LogP contribution in [0.4, 0.5) is 11.5 Å². The van der Waals surface area contributed by atoms with E-state index < -0.39 is 0 Å². The molecule has 0 radical (unpaired) electrons. The molecule has 1 aromatic carbocycles. The van der Waals surface area contributed by atoms with E-state index in [0.29, 0.717) is 23.7 Å². The number of hydrogen-bond acceptors (Lipinski definition) is 6. The molecule has 0 spiro atoms. The molecule has 0 aliphatic heterocycles. The molecule has 0 fully saturated rings. The molecule has 3 aromatic rings. The molecule has 0 aliphatic rings. The number of aromatic nitrogens is 3. The number of nitrogens with two attached hydrogens (primary N) is 1. The Kier molecular flexibility index (Phi) is 7.25. The van der Waals surface area contributed by atoms with Crippen LogP contribution in [-0.2, 0) is 14.1 Å². The lowest BCUT2D eigenvalue weighted by Gasteiger charge is -2.22. The summed E-state index contributed by atoms with van der Waals surface area (Å²) in [5, 5.41) is 5.84. The summed E-state index contributed by atoms with van der Waals surface area (Å²) < 4.78 is 3.35.